The molecule has 2 fully saturated rings. The Kier molecular flexibility index (Phi) is 5.05. The van der Waals surface area contributed by atoms with Crippen molar-refractivity contribution in [3.05, 3.63) is 0 Å². The number of likely N-dealkylation sites (tertiary alicyclic amines) is 1. The van der Waals surface area contributed by atoms with Gasteiger partial charge in [0.05, 0.1) is 6.10 Å². The van der Waals surface area contributed by atoms with Crippen LogP contribution in [-0.4, -0.2) is 48.8 Å². The van der Waals surface area contributed by atoms with Crippen LogP contribution in [0.1, 0.15) is 39.5 Å². The van der Waals surface area contributed by atoms with E-state index in [9.17, 15) is 5.11 Å². The molecule has 0 radical (unpaired) electrons. The van der Waals surface area contributed by atoms with E-state index in [0.29, 0.717) is 12.0 Å². The van der Waals surface area contributed by atoms with Crippen LogP contribution in [0, 0.1) is 17.8 Å². The summed E-state index contributed by atoms with van der Waals surface area (Å²) < 4.78 is 0. The van der Waals surface area contributed by atoms with Gasteiger partial charge >= 0.3 is 0 Å². The first-order chi connectivity index (χ1) is 8.60. The van der Waals surface area contributed by atoms with Gasteiger partial charge in [0.2, 0.25) is 0 Å². The van der Waals surface area contributed by atoms with Crippen molar-refractivity contribution in [2.75, 3.05) is 26.7 Å². The highest BCUT2D eigenvalue weighted by atomic mass is 16.3. The molecule has 1 heterocycles. The molecule has 18 heavy (non-hydrogen) atoms. The van der Waals surface area contributed by atoms with E-state index in [0.717, 1.165) is 31.3 Å². The van der Waals surface area contributed by atoms with Gasteiger partial charge in [-0.1, -0.05) is 13.8 Å². The van der Waals surface area contributed by atoms with Gasteiger partial charge in [-0.05, 0) is 50.5 Å². The van der Waals surface area contributed by atoms with Crippen LogP contribution in [0.25, 0.3) is 0 Å². The molecule has 2 rings (SSSR count). The van der Waals surface area contributed by atoms with E-state index in [2.05, 4.69) is 31.1 Å². The van der Waals surface area contributed by atoms with Crippen LogP contribution in [-0.2, 0) is 0 Å². The average Bonchev–Trinajstić information content (AvgIpc) is 2.34. The van der Waals surface area contributed by atoms with Gasteiger partial charge < -0.3 is 15.3 Å². The predicted molar refractivity (Wildman–Crippen MR) is 75.6 cm³/mol. The molecule has 3 nitrogen and oxygen atoms in total. The van der Waals surface area contributed by atoms with Crippen LogP contribution in [0.5, 0.6) is 0 Å². The molecule has 1 aliphatic heterocycles. The van der Waals surface area contributed by atoms with Crippen LogP contribution in [0.4, 0.5) is 0 Å². The lowest BCUT2D eigenvalue weighted by Crippen LogP contribution is -2.48. The summed E-state index contributed by atoms with van der Waals surface area (Å²) >= 11 is 0. The normalized spacial score (nSPS) is 43.0. The fraction of sp³-hybridized carbons (Fsp3) is 1.00. The summed E-state index contributed by atoms with van der Waals surface area (Å²) in [4.78, 5) is 2.57. The van der Waals surface area contributed by atoms with Gasteiger partial charge in [-0.2, -0.15) is 0 Å². The van der Waals surface area contributed by atoms with E-state index >= 15 is 0 Å². The van der Waals surface area contributed by atoms with Crippen molar-refractivity contribution in [2.24, 2.45) is 17.8 Å². The summed E-state index contributed by atoms with van der Waals surface area (Å²) in [5.74, 6) is 2.11. The van der Waals surface area contributed by atoms with E-state index in [1.165, 1.54) is 25.8 Å². The molecule has 5 unspecified atom stereocenters. The maximum Gasteiger partial charge on any atom is 0.0590 e. The van der Waals surface area contributed by atoms with E-state index in [1.807, 2.05) is 0 Å². The SMILES string of the molecule is CNC1CCC(C)CC1CN1CCC(O)C(C)C1. The van der Waals surface area contributed by atoms with Gasteiger partial charge in [-0.25, -0.2) is 0 Å². The first-order valence-electron chi connectivity index (χ1n) is 7.67. The molecule has 1 aliphatic carbocycles. The lowest BCUT2D eigenvalue weighted by molar-refractivity contribution is 0.0219. The van der Waals surface area contributed by atoms with E-state index in [1.54, 1.807) is 0 Å². The third-order valence-electron chi connectivity index (χ3n) is 5.05. The Morgan fingerprint density at radius 1 is 1.22 bits per heavy atom. The minimum absolute atomic E-state index is 0.0772. The minimum atomic E-state index is -0.0772. The number of nitrogens with zero attached hydrogens (tertiary/aromatic N) is 1. The first kappa shape index (κ1) is 14.3. The summed E-state index contributed by atoms with van der Waals surface area (Å²) in [6.45, 7) is 7.93. The molecule has 1 saturated heterocycles. The quantitative estimate of drug-likeness (QED) is 0.805. The van der Waals surface area contributed by atoms with Crippen molar-refractivity contribution in [3.63, 3.8) is 0 Å². The van der Waals surface area contributed by atoms with Crippen molar-refractivity contribution < 1.29 is 5.11 Å². The van der Waals surface area contributed by atoms with Gasteiger partial charge in [0.1, 0.15) is 0 Å². The number of piperidine rings is 1. The van der Waals surface area contributed by atoms with Crippen molar-refractivity contribution in [1.29, 1.82) is 0 Å². The molecule has 3 heteroatoms. The summed E-state index contributed by atoms with van der Waals surface area (Å²) in [6, 6.07) is 0.698. The van der Waals surface area contributed by atoms with Crippen LogP contribution in [0.15, 0.2) is 0 Å². The highest BCUT2D eigenvalue weighted by Crippen LogP contribution is 2.30. The molecule has 1 saturated carbocycles. The average molecular weight is 254 g/mol. The van der Waals surface area contributed by atoms with Crippen molar-refractivity contribution in [2.45, 2.75) is 51.7 Å². The standard InChI is InChI=1S/C15H30N2O/c1-11-4-5-14(16-3)13(8-11)10-17-7-6-15(18)12(2)9-17/h11-16,18H,4-10H2,1-3H3. The fourth-order valence-electron chi connectivity index (χ4n) is 3.80. The lowest BCUT2D eigenvalue weighted by atomic mass is 9.78. The largest absolute Gasteiger partial charge is 0.393 e. The van der Waals surface area contributed by atoms with Crippen LogP contribution < -0.4 is 5.32 Å². The molecule has 106 valence electrons. The smallest absolute Gasteiger partial charge is 0.0590 e. The van der Waals surface area contributed by atoms with Gasteiger partial charge in [0.25, 0.3) is 0 Å². The second kappa shape index (κ2) is 6.36. The Balaban J connectivity index is 1.87. The third kappa shape index (κ3) is 3.46. The Morgan fingerprint density at radius 3 is 2.67 bits per heavy atom. The molecule has 0 aromatic rings. The predicted octanol–water partition coefficient (Wildman–Crippen LogP) is 1.71. The minimum Gasteiger partial charge on any atom is -0.393 e. The highest BCUT2D eigenvalue weighted by Gasteiger charge is 2.31. The Morgan fingerprint density at radius 2 is 2.00 bits per heavy atom. The van der Waals surface area contributed by atoms with Crippen molar-refractivity contribution >= 4 is 0 Å². The summed E-state index contributed by atoms with van der Waals surface area (Å²) in [5, 5.41) is 13.3. The van der Waals surface area contributed by atoms with Crippen LogP contribution >= 0.6 is 0 Å². The molecule has 0 spiro atoms. The van der Waals surface area contributed by atoms with Crippen molar-refractivity contribution in [1.82, 2.24) is 10.2 Å². The molecule has 0 amide bonds. The van der Waals surface area contributed by atoms with Crippen molar-refractivity contribution in [3.8, 4) is 0 Å². The number of nitrogens with one attached hydrogen (secondary N) is 1. The summed E-state index contributed by atoms with van der Waals surface area (Å²) in [7, 11) is 2.11. The van der Waals surface area contributed by atoms with Crippen LogP contribution in [0.3, 0.4) is 0 Å². The maximum absolute atomic E-state index is 9.80. The second-order valence-electron chi connectivity index (χ2n) is 6.67. The van der Waals surface area contributed by atoms with E-state index in [-0.39, 0.29) is 6.10 Å². The van der Waals surface area contributed by atoms with E-state index < -0.39 is 0 Å². The fourth-order valence-corrected chi connectivity index (χ4v) is 3.80. The topological polar surface area (TPSA) is 35.5 Å². The lowest BCUT2D eigenvalue weighted by Gasteiger charge is -2.41. The van der Waals surface area contributed by atoms with Crippen LogP contribution in [0.2, 0.25) is 0 Å². The maximum atomic E-state index is 9.80. The van der Waals surface area contributed by atoms with Gasteiger partial charge in [0.15, 0.2) is 0 Å². The van der Waals surface area contributed by atoms with E-state index in [4.69, 9.17) is 0 Å². The monoisotopic (exact) mass is 254 g/mol. The molecule has 5 atom stereocenters. The zero-order valence-electron chi connectivity index (χ0n) is 12.2. The van der Waals surface area contributed by atoms with Gasteiger partial charge in [0, 0.05) is 25.7 Å². The molecular weight excluding hydrogens is 224 g/mol. The molecule has 2 aliphatic rings. The zero-order chi connectivity index (χ0) is 13.1. The molecular formula is C15H30N2O. The van der Waals surface area contributed by atoms with Gasteiger partial charge in [-0.15, -0.1) is 0 Å². The third-order valence-corrected chi connectivity index (χ3v) is 5.05. The number of aliphatic hydroxyl groups excluding tert-OH is 1. The summed E-state index contributed by atoms with van der Waals surface area (Å²) in [5.41, 5.74) is 0. The summed E-state index contributed by atoms with van der Waals surface area (Å²) in [6.07, 6.45) is 4.93. The molecule has 0 bridgehead atoms. The number of hydrogen-bond donors (Lipinski definition) is 2. The molecule has 2 N–H and O–H groups in total. The number of rotatable bonds is 3. The Labute approximate surface area is 112 Å². The van der Waals surface area contributed by atoms with Gasteiger partial charge in [-0.3, -0.25) is 0 Å². The Bertz CT molecular complexity index is 259. The highest BCUT2D eigenvalue weighted by molar-refractivity contribution is 4.86. The number of aliphatic hydroxyl groups is 1. The molecule has 0 aromatic heterocycles. The Hall–Kier alpha value is -0.120. The molecule has 0 aromatic carbocycles. The zero-order valence-corrected chi connectivity index (χ0v) is 12.2. The number of hydrogen-bond acceptors (Lipinski definition) is 3. The second-order valence-corrected chi connectivity index (χ2v) is 6.67. The first-order valence-corrected chi connectivity index (χ1v) is 7.67.